The molecular formula is C12H21ClN2O5. The van der Waals surface area contributed by atoms with Crippen molar-refractivity contribution in [1.82, 2.24) is 10.2 Å². The Morgan fingerprint density at radius 1 is 1.35 bits per heavy atom. The van der Waals surface area contributed by atoms with Gasteiger partial charge in [0.05, 0.1) is 6.61 Å². The van der Waals surface area contributed by atoms with E-state index in [1.807, 2.05) is 0 Å². The molecule has 116 valence electrons. The molecule has 2 amide bonds. The van der Waals surface area contributed by atoms with Crippen LogP contribution in [-0.4, -0.2) is 76.4 Å². The Hall–Kier alpha value is -0.600. The number of alkyl halides is 1. The molecule has 8 heteroatoms. The van der Waals surface area contributed by atoms with Gasteiger partial charge in [-0.1, -0.05) is 0 Å². The molecular weight excluding hydrogens is 288 g/mol. The summed E-state index contributed by atoms with van der Waals surface area (Å²) in [6, 6.07) is -0.382. The van der Waals surface area contributed by atoms with E-state index in [4.69, 9.17) is 21.4 Å². The van der Waals surface area contributed by atoms with Gasteiger partial charge in [-0.2, -0.15) is 0 Å². The molecule has 0 bridgehead atoms. The summed E-state index contributed by atoms with van der Waals surface area (Å²) in [6.45, 7) is 0.367. The van der Waals surface area contributed by atoms with E-state index in [1.165, 1.54) is 4.90 Å². The number of amides is 2. The highest BCUT2D eigenvalue weighted by molar-refractivity contribution is 6.18. The normalized spacial score (nSPS) is 33.2. The minimum atomic E-state index is -1.23. The first-order valence-corrected chi connectivity index (χ1v) is 7.34. The topological polar surface area (TPSA) is 102 Å². The highest BCUT2D eigenvalue weighted by Gasteiger charge is 2.47. The van der Waals surface area contributed by atoms with Crippen molar-refractivity contribution < 1.29 is 24.9 Å². The quantitative estimate of drug-likeness (QED) is 0.476. The van der Waals surface area contributed by atoms with Gasteiger partial charge in [-0.05, 0) is 18.8 Å². The minimum absolute atomic E-state index is 0.291. The molecule has 7 nitrogen and oxygen atoms in total. The van der Waals surface area contributed by atoms with Crippen LogP contribution in [0.3, 0.4) is 0 Å². The average molecular weight is 309 g/mol. The number of halogens is 1. The van der Waals surface area contributed by atoms with Gasteiger partial charge < -0.3 is 25.4 Å². The van der Waals surface area contributed by atoms with E-state index >= 15 is 0 Å². The molecule has 2 fully saturated rings. The van der Waals surface area contributed by atoms with Crippen molar-refractivity contribution in [2.24, 2.45) is 5.92 Å². The molecule has 0 aromatic heterocycles. The van der Waals surface area contributed by atoms with Crippen molar-refractivity contribution in [1.29, 1.82) is 0 Å². The summed E-state index contributed by atoms with van der Waals surface area (Å²) in [6.07, 6.45) is -2.18. The molecule has 4 N–H and O–H groups in total. The lowest BCUT2D eigenvalue weighted by Gasteiger charge is -2.30. The van der Waals surface area contributed by atoms with E-state index in [-0.39, 0.29) is 6.03 Å². The SMILES string of the molecule is O=C(NCCCl)N(CC1CC1)[C@@H]1O[C@H](CO)[C@@H](O)[C@H]1O. The molecule has 1 aliphatic carbocycles. The van der Waals surface area contributed by atoms with Crippen molar-refractivity contribution in [3.63, 3.8) is 0 Å². The van der Waals surface area contributed by atoms with Gasteiger partial charge in [-0.15, -0.1) is 11.6 Å². The monoisotopic (exact) mass is 308 g/mol. The van der Waals surface area contributed by atoms with Crippen molar-refractivity contribution in [2.75, 3.05) is 25.6 Å². The standard InChI is InChI=1S/C12H21ClN2O5/c13-3-4-14-12(19)15(5-7-1-2-7)11-10(18)9(17)8(6-16)20-11/h7-11,16-18H,1-6H2,(H,14,19)/t8-,9-,10-,11-/m1/s1. The van der Waals surface area contributed by atoms with Crippen molar-refractivity contribution in [2.45, 2.75) is 37.4 Å². The third-order valence-corrected chi connectivity index (χ3v) is 3.80. The van der Waals surface area contributed by atoms with Crippen LogP contribution >= 0.6 is 11.6 Å². The van der Waals surface area contributed by atoms with E-state index in [0.29, 0.717) is 24.9 Å². The van der Waals surface area contributed by atoms with Crippen LogP contribution in [-0.2, 0) is 4.74 Å². The maximum Gasteiger partial charge on any atom is 0.319 e. The highest BCUT2D eigenvalue weighted by Crippen LogP contribution is 2.32. The van der Waals surface area contributed by atoms with Gasteiger partial charge in [0.15, 0.2) is 6.23 Å². The summed E-state index contributed by atoms with van der Waals surface area (Å²) >= 11 is 5.54. The number of carbonyl (C=O) groups excluding carboxylic acids is 1. The molecule has 1 saturated carbocycles. The molecule has 20 heavy (non-hydrogen) atoms. The zero-order valence-corrected chi connectivity index (χ0v) is 11.9. The summed E-state index contributed by atoms with van der Waals surface area (Å²) in [5.41, 5.74) is 0. The predicted molar refractivity (Wildman–Crippen MR) is 71.3 cm³/mol. The number of urea groups is 1. The number of hydrogen-bond acceptors (Lipinski definition) is 5. The molecule has 0 aromatic rings. The molecule has 0 unspecified atom stereocenters. The zero-order chi connectivity index (χ0) is 14.7. The van der Waals surface area contributed by atoms with Gasteiger partial charge in [0, 0.05) is 19.0 Å². The van der Waals surface area contributed by atoms with Crippen LogP contribution in [0.1, 0.15) is 12.8 Å². The molecule has 1 aliphatic heterocycles. The maximum absolute atomic E-state index is 12.1. The van der Waals surface area contributed by atoms with Crippen molar-refractivity contribution in [3.8, 4) is 0 Å². The van der Waals surface area contributed by atoms with Gasteiger partial charge in [-0.25, -0.2) is 4.79 Å². The second-order valence-corrected chi connectivity index (χ2v) is 5.62. The fraction of sp³-hybridized carbons (Fsp3) is 0.917. The van der Waals surface area contributed by atoms with E-state index in [1.54, 1.807) is 0 Å². The van der Waals surface area contributed by atoms with E-state index in [0.717, 1.165) is 12.8 Å². The second kappa shape index (κ2) is 6.91. The molecule has 4 atom stereocenters. The van der Waals surface area contributed by atoms with Crippen LogP contribution in [0.4, 0.5) is 4.79 Å². The largest absolute Gasteiger partial charge is 0.394 e. The Labute approximate surface area is 122 Å². The summed E-state index contributed by atoms with van der Waals surface area (Å²) in [5.74, 6) is 0.691. The van der Waals surface area contributed by atoms with E-state index < -0.39 is 31.1 Å². The summed E-state index contributed by atoms with van der Waals surface area (Å²) < 4.78 is 5.41. The second-order valence-electron chi connectivity index (χ2n) is 5.25. The Morgan fingerprint density at radius 2 is 2.05 bits per heavy atom. The van der Waals surface area contributed by atoms with Gasteiger partial charge in [-0.3, -0.25) is 4.90 Å². The van der Waals surface area contributed by atoms with Crippen LogP contribution in [0, 0.1) is 5.92 Å². The van der Waals surface area contributed by atoms with Crippen LogP contribution in [0.25, 0.3) is 0 Å². The Kier molecular flexibility index (Phi) is 5.45. The summed E-state index contributed by atoms with van der Waals surface area (Å²) in [5, 5.41) is 31.5. The summed E-state index contributed by atoms with van der Waals surface area (Å²) in [4.78, 5) is 13.5. The number of nitrogens with one attached hydrogen (secondary N) is 1. The average Bonchev–Trinajstić information content (AvgIpc) is 3.22. The smallest absolute Gasteiger partial charge is 0.319 e. The molecule has 1 heterocycles. The fourth-order valence-corrected chi connectivity index (χ4v) is 2.37. The third-order valence-electron chi connectivity index (χ3n) is 3.61. The van der Waals surface area contributed by atoms with Crippen LogP contribution in [0.2, 0.25) is 0 Å². The number of ether oxygens (including phenoxy) is 1. The van der Waals surface area contributed by atoms with Gasteiger partial charge in [0.2, 0.25) is 0 Å². The van der Waals surface area contributed by atoms with E-state index in [2.05, 4.69) is 5.32 Å². The first kappa shape index (κ1) is 15.8. The number of rotatable bonds is 6. The Morgan fingerprint density at radius 3 is 2.55 bits per heavy atom. The van der Waals surface area contributed by atoms with Crippen molar-refractivity contribution >= 4 is 17.6 Å². The predicted octanol–water partition coefficient (Wildman–Crippen LogP) is -0.914. The van der Waals surface area contributed by atoms with Gasteiger partial charge in [0.1, 0.15) is 18.3 Å². The van der Waals surface area contributed by atoms with Crippen molar-refractivity contribution in [3.05, 3.63) is 0 Å². The van der Waals surface area contributed by atoms with Crippen LogP contribution in [0.5, 0.6) is 0 Å². The lowest BCUT2D eigenvalue weighted by Crippen LogP contribution is -2.52. The molecule has 0 spiro atoms. The fourth-order valence-electron chi connectivity index (χ4n) is 2.27. The zero-order valence-electron chi connectivity index (χ0n) is 11.1. The number of aliphatic hydroxyl groups excluding tert-OH is 3. The van der Waals surface area contributed by atoms with Gasteiger partial charge in [0.25, 0.3) is 0 Å². The molecule has 0 aromatic carbocycles. The maximum atomic E-state index is 12.1. The first-order valence-electron chi connectivity index (χ1n) is 6.81. The van der Waals surface area contributed by atoms with Crippen LogP contribution < -0.4 is 5.32 Å². The minimum Gasteiger partial charge on any atom is -0.394 e. The molecule has 2 rings (SSSR count). The molecule has 1 saturated heterocycles. The van der Waals surface area contributed by atoms with Gasteiger partial charge >= 0.3 is 6.03 Å². The molecule has 2 aliphatic rings. The highest BCUT2D eigenvalue weighted by atomic mass is 35.5. The number of hydrogen-bond donors (Lipinski definition) is 4. The summed E-state index contributed by atoms with van der Waals surface area (Å²) in [7, 11) is 0. The Bertz CT molecular complexity index is 342. The number of aliphatic hydroxyl groups is 3. The lowest BCUT2D eigenvalue weighted by atomic mass is 10.1. The van der Waals surface area contributed by atoms with E-state index in [9.17, 15) is 15.0 Å². The van der Waals surface area contributed by atoms with Crippen LogP contribution in [0.15, 0.2) is 0 Å². The lowest BCUT2D eigenvalue weighted by molar-refractivity contribution is -0.0803. The molecule has 0 radical (unpaired) electrons. The Balaban J connectivity index is 2.03. The number of nitrogens with zero attached hydrogens (tertiary/aromatic N) is 1. The number of carbonyl (C=O) groups is 1. The first-order chi connectivity index (χ1) is 9.58. The third kappa shape index (κ3) is 3.53.